The lowest BCUT2D eigenvalue weighted by Gasteiger charge is -2.23. The molecule has 1 atom stereocenters. The fourth-order valence-corrected chi connectivity index (χ4v) is 2.00. The molecule has 1 fully saturated rings. The van der Waals surface area contributed by atoms with Crippen LogP contribution in [-0.4, -0.2) is 30.4 Å². The zero-order chi connectivity index (χ0) is 13.8. The normalized spacial score (nSPS) is 18.0. The molecule has 0 bridgehead atoms. The lowest BCUT2D eigenvalue weighted by Crippen LogP contribution is -2.26. The molecule has 0 saturated carbocycles. The number of halogens is 1. The number of carbonyl (C=O) groups is 1. The molecule has 0 aromatic heterocycles. The van der Waals surface area contributed by atoms with E-state index in [1.165, 1.54) is 19.1 Å². The molecule has 5 heteroatoms. The van der Waals surface area contributed by atoms with Crippen LogP contribution in [-0.2, 0) is 9.53 Å². The standard InChI is InChI=1S/C14H17FO4/c1-9(14(16)17)10-2-3-13(12(15)8-10)19-11-4-6-18-7-5-11/h2-3,8-9,11H,4-7H2,1H3,(H,16,17). The summed E-state index contributed by atoms with van der Waals surface area (Å²) in [6.45, 7) is 2.77. The molecule has 2 rings (SSSR count). The summed E-state index contributed by atoms with van der Waals surface area (Å²) in [7, 11) is 0. The third-order valence-corrected chi connectivity index (χ3v) is 3.29. The summed E-state index contributed by atoms with van der Waals surface area (Å²) in [5.74, 6) is -2.05. The smallest absolute Gasteiger partial charge is 0.310 e. The van der Waals surface area contributed by atoms with Crippen LogP contribution in [0.5, 0.6) is 5.75 Å². The molecule has 1 aromatic carbocycles. The van der Waals surface area contributed by atoms with Crippen molar-refractivity contribution in [2.24, 2.45) is 0 Å². The van der Waals surface area contributed by atoms with Crippen molar-refractivity contribution in [1.29, 1.82) is 0 Å². The zero-order valence-corrected chi connectivity index (χ0v) is 10.8. The van der Waals surface area contributed by atoms with E-state index in [1.807, 2.05) is 0 Å². The number of hydrogen-bond donors (Lipinski definition) is 1. The van der Waals surface area contributed by atoms with E-state index in [1.54, 1.807) is 6.07 Å². The number of carboxylic acids is 1. The molecule has 0 spiro atoms. The van der Waals surface area contributed by atoms with E-state index in [4.69, 9.17) is 14.6 Å². The van der Waals surface area contributed by atoms with E-state index >= 15 is 0 Å². The Balaban J connectivity index is 2.08. The van der Waals surface area contributed by atoms with Crippen LogP contribution in [0.1, 0.15) is 31.2 Å². The quantitative estimate of drug-likeness (QED) is 0.911. The molecule has 1 heterocycles. The van der Waals surface area contributed by atoms with Crippen LogP contribution in [0.2, 0.25) is 0 Å². The Morgan fingerprint density at radius 1 is 1.47 bits per heavy atom. The number of carboxylic acid groups (broad SMARTS) is 1. The van der Waals surface area contributed by atoms with Crippen molar-refractivity contribution in [2.75, 3.05) is 13.2 Å². The fourth-order valence-electron chi connectivity index (χ4n) is 2.00. The number of hydrogen-bond acceptors (Lipinski definition) is 3. The van der Waals surface area contributed by atoms with Gasteiger partial charge in [0.1, 0.15) is 6.10 Å². The van der Waals surface area contributed by atoms with E-state index in [0.29, 0.717) is 18.8 Å². The van der Waals surface area contributed by atoms with Crippen molar-refractivity contribution in [2.45, 2.75) is 31.8 Å². The van der Waals surface area contributed by atoms with Gasteiger partial charge in [0.2, 0.25) is 0 Å². The average molecular weight is 268 g/mol. The van der Waals surface area contributed by atoms with Gasteiger partial charge in [0.25, 0.3) is 0 Å². The molecule has 1 N–H and O–H groups in total. The van der Waals surface area contributed by atoms with Crippen LogP contribution in [0.4, 0.5) is 4.39 Å². The van der Waals surface area contributed by atoms with Crippen molar-refractivity contribution < 1.29 is 23.8 Å². The van der Waals surface area contributed by atoms with Crippen LogP contribution in [0.15, 0.2) is 18.2 Å². The Bertz CT molecular complexity index is 455. The van der Waals surface area contributed by atoms with Crippen molar-refractivity contribution in [3.05, 3.63) is 29.6 Å². The van der Waals surface area contributed by atoms with E-state index in [9.17, 15) is 9.18 Å². The topological polar surface area (TPSA) is 55.8 Å². The molecule has 0 amide bonds. The summed E-state index contributed by atoms with van der Waals surface area (Å²) in [5.41, 5.74) is 0.435. The van der Waals surface area contributed by atoms with Gasteiger partial charge in [0.15, 0.2) is 11.6 Å². The summed E-state index contributed by atoms with van der Waals surface area (Å²) < 4.78 is 24.7. The Kier molecular flexibility index (Phi) is 4.37. The highest BCUT2D eigenvalue weighted by atomic mass is 19.1. The van der Waals surface area contributed by atoms with Gasteiger partial charge < -0.3 is 14.6 Å². The van der Waals surface area contributed by atoms with Gasteiger partial charge in [-0.3, -0.25) is 4.79 Å². The van der Waals surface area contributed by atoms with Gasteiger partial charge in [0.05, 0.1) is 19.1 Å². The minimum absolute atomic E-state index is 0.0361. The van der Waals surface area contributed by atoms with Crippen LogP contribution >= 0.6 is 0 Å². The maximum Gasteiger partial charge on any atom is 0.310 e. The number of rotatable bonds is 4. The highest BCUT2D eigenvalue weighted by Gasteiger charge is 2.19. The Morgan fingerprint density at radius 3 is 2.74 bits per heavy atom. The minimum Gasteiger partial charge on any atom is -0.487 e. The monoisotopic (exact) mass is 268 g/mol. The van der Waals surface area contributed by atoms with Gasteiger partial charge in [0, 0.05) is 12.8 Å². The number of benzene rings is 1. The maximum absolute atomic E-state index is 13.9. The first-order chi connectivity index (χ1) is 9.08. The van der Waals surface area contributed by atoms with Crippen LogP contribution in [0, 0.1) is 5.82 Å². The molecule has 104 valence electrons. The second-order valence-corrected chi connectivity index (χ2v) is 4.68. The first-order valence-electron chi connectivity index (χ1n) is 6.34. The second-order valence-electron chi connectivity index (χ2n) is 4.68. The lowest BCUT2D eigenvalue weighted by atomic mass is 10.0. The van der Waals surface area contributed by atoms with Gasteiger partial charge in [-0.25, -0.2) is 4.39 Å². The number of aliphatic carboxylic acids is 1. The highest BCUT2D eigenvalue weighted by molar-refractivity contribution is 5.75. The van der Waals surface area contributed by atoms with Crippen molar-refractivity contribution in [3.8, 4) is 5.75 Å². The Hall–Kier alpha value is -1.62. The molecule has 1 aliphatic rings. The lowest BCUT2D eigenvalue weighted by molar-refractivity contribution is -0.138. The van der Waals surface area contributed by atoms with Crippen LogP contribution in [0.3, 0.4) is 0 Å². The summed E-state index contributed by atoms with van der Waals surface area (Å²) in [4.78, 5) is 10.8. The molecular formula is C14H17FO4. The molecule has 19 heavy (non-hydrogen) atoms. The largest absolute Gasteiger partial charge is 0.487 e. The van der Waals surface area contributed by atoms with Crippen molar-refractivity contribution >= 4 is 5.97 Å². The summed E-state index contributed by atoms with van der Waals surface area (Å²) in [6.07, 6.45) is 1.45. The molecule has 1 saturated heterocycles. The summed E-state index contributed by atoms with van der Waals surface area (Å²) in [5, 5.41) is 8.89. The molecule has 0 aliphatic carbocycles. The minimum atomic E-state index is -0.975. The summed E-state index contributed by atoms with van der Waals surface area (Å²) in [6, 6.07) is 4.32. The highest BCUT2D eigenvalue weighted by Crippen LogP contribution is 2.25. The van der Waals surface area contributed by atoms with Gasteiger partial charge in [-0.1, -0.05) is 6.07 Å². The average Bonchev–Trinajstić information content (AvgIpc) is 2.41. The van der Waals surface area contributed by atoms with Gasteiger partial charge in [-0.15, -0.1) is 0 Å². The van der Waals surface area contributed by atoms with E-state index in [-0.39, 0.29) is 11.9 Å². The van der Waals surface area contributed by atoms with Crippen molar-refractivity contribution in [1.82, 2.24) is 0 Å². The van der Waals surface area contributed by atoms with Crippen LogP contribution < -0.4 is 4.74 Å². The molecule has 1 aliphatic heterocycles. The molecule has 4 nitrogen and oxygen atoms in total. The van der Waals surface area contributed by atoms with Gasteiger partial charge in [-0.05, 0) is 24.6 Å². The molecule has 1 aromatic rings. The molecule has 0 radical (unpaired) electrons. The zero-order valence-electron chi connectivity index (χ0n) is 10.8. The van der Waals surface area contributed by atoms with E-state index < -0.39 is 17.7 Å². The first-order valence-corrected chi connectivity index (χ1v) is 6.34. The first kappa shape index (κ1) is 13.8. The summed E-state index contributed by atoms with van der Waals surface area (Å²) >= 11 is 0. The predicted molar refractivity (Wildman–Crippen MR) is 66.9 cm³/mol. The SMILES string of the molecule is CC(C(=O)O)c1ccc(OC2CCOCC2)c(F)c1. The van der Waals surface area contributed by atoms with E-state index in [0.717, 1.165) is 12.8 Å². The van der Waals surface area contributed by atoms with Crippen molar-refractivity contribution in [3.63, 3.8) is 0 Å². The predicted octanol–water partition coefficient (Wildman–Crippen LogP) is 2.57. The maximum atomic E-state index is 13.9. The van der Waals surface area contributed by atoms with Gasteiger partial charge >= 0.3 is 5.97 Å². The molecular weight excluding hydrogens is 251 g/mol. The molecule has 1 unspecified atom stereocenters. The third-order valence-electron chi connectivity index (χ3n) is 3.29. The van der Waals surface area contributed by atoms with E-state index in [2.05, 4.69) is 0 Å². The Morgan fingerprint density at radius 2 is 2.16 bits per heavy atom. The van der Waals surface area contributed by atoms with Gasteiger partial charge in [-0.2, -0.15) is 0 Å². The number of ether oxygens (including phenoxy) is 2. The fraction of sp³-hybridized carbons (Fsp3) is 0.500. The Labute approximate surface area is 111 Å². The second kappa shape index (κ2) is 6.02. The van der Waals surface area contributed by atoms with Crippen LogP contribution in [0.25, 0.3) is 0 Å². The third kappa shape index (κ3) is 3.44.